The van der Waals surface area contributed by atoms with Crippen LogP contribution in [0.1, 0.15) is 12.5 Å². The van der Waals surface area contributed by atoms with Crippen LogP contribution in [0.2, 0.25) is 0 Å². The molecule has 2 aromatic carbocycles. The first-order valence-corrected chi connectivity index (χ1v) is 9.22. The number of hydrogen-bond donors (Lipinski definition) is 0. The van der Waals surface area contributed by atoms with Crippen LogP contribution in [0.25, 0.3) is 17.1 Å². The zero-order chi connectivity index (χ0) is 17.1. The highest BCUT2D eigenvalue weighted by molar-refractivity contribution is 7.84. The van der Waals surface area contributed by atoms with Crippen LogP contribution in [-0.4, -0.2) is 32.3 Å². The Kier molecular flexibility index (Phi) is 4.76. The summed E-state index contributed by atoms with van der Waals surface area (Å²) >= 11 is 0. The van der Waals surface area contributed by atoms with Gasteiger partial charge in [-0.2, -0.15) is 0 Å². The second-order valence-electron chi connectivity index (χ2n) is 5.34. The van der Waals surface area contributed by atoms with E-state index in [1.165, 1.54) is 5.56 Å². The van der Waals surface area contributed by atoms with Crippen molar-refractivity contribution in [1.29, 1.82) is 0 Å². The molecular weight excluding hydrogens is 322 g/mol. The van der Waals surface area contributed by atoms with Gasteiger partial charge in [0.25, 0.3) is 0 Å². The SMILES string of the molecule is CCc1ccc(-c2nnc(S(C)=O)n2-c2ccc(OC)cc2)cc1. The van der Waals surface area contributed by atoms with Crippen molar-refractivity contribution in [2.24, 2.45) is 0 Å². The Balaban J connectivity index is 2.14. The lowest BCUT2D eigenvalue weighted by molar-refractivity contribution is 0.414. The van der Waals surface area contributed by atoms with Crippen molar-refractivity contribution in [3.8, 4) is 22.8 Å². The highest BCUT2D eigenvalue weighted by atomic mass is 32.2. The van der Waals surface area contributed by atoms with Crippen LogP contribution >= 0.6 is 0 Å². The number of benzene rings is 2. The molecular formula is C18H19N3O2S. The maximum absolute atomic E-state index is 12.1. The molecule has 0 aliphatic carbocycles. The number of rotatable bonds is 5. The van der Waals surface area contributed by atoms with E-state index in [9.17, 15) is 4.21 Å². The van der Waals surface area contributed by atoms with Crippen LogP contribution in [0, 0.1) is 0 Å². The second kappa shape index (κ2) is 6.97. The first-order valence-electron chi connectivity index (χ1n) is 7.66. The number of ether oxygens (including phenoxy) is 1. The van der Waals surface area contributed by atoms with Gasteiger partial charge in [0.1, 0.15) is 5.75 Å². The number of aromatic nitrogens is 3. The lowest BCUT2D eigenvalue weighted by Crippen LogP contribution is -2.04. The molecule has 5 nitrogen and oxygen atoms in total. The third kappa shape index (κ3) is 3.10. The summed E-state index contributed by atoms with van der Waals surface area (Å²) < 4.78 is 19.1. The van der Waals surface area contributed by atoms with Crippen molar-refractivity contribution in [1.82, 2.24) is 14.8 Å². The quantitative estimate of drug-likeness (QED) is 0.715. The number of hydrogen-bond acceptors (Lipinski definition) is 4. The molecule has 6 heteroatoms. The molecule has 1 unspecified atom stereocenters. The van der Waals surface area contributed by atoms with Crippen LogP contribution in [0.4, 0.5) is 0 Å². The third-order valence-corrected chi connectivity index (χ3v) is 4.62. The van der Waals surface area contributed by atoms with Gasteiger partial charge in [-0.3, -0.25) is 8.78 Å². The van der Waals surface area contributed by atoms with Crippen molar-refractivity contribution >= 4 is 10.8 Å². The average Bonchev–Trinajstić information content (AvgIpc) is 3.07. The summed E-state index contributed by atoms with van der Waals surface area (Å²) in [6, 6.07) is 15.7. The molecule has 3 aromatic rings. The highest BCUT2D eigenvalue weighted by Gasteiger charge is 2.18. The van der Waals surface area contributed by atoms with Crippen LogP contribution in [0.15, 0.2) is 53.7 Å². The van der Waals surface area contributed by atoms with E-state index in [1.807, 2.05) is 41.0 Å². The van der Waals surface area contributed by atoms with E-state index in [4.69, 9.17) is 4.74 Å². The van der Waals surface area contributed by atoms with E-state index in [1.54, 1.807) is 13.4 Å². The molecule has 124 valence electrons. The molecule has 0 N–H and O–H groups in total. The van der Waals surface area contributed by atoms with E-state index >= 15 is 0 Å². The summed E-state index contributed by atoms with van der Waals surface area (Å²) in [5.41, 5.74) is 3.04. The van der Waals surface area contributed by atoms with E-state index in [-0.39, 0.29) is 0 Å². The van der Waals surface area contributed by atoms with Crippen LogP contribution < -0.4 is 4.74 Å². The summed E-state index contributed by atoms with van der Waals surface area (Å²) in [6.45, 7) is 2.12. The van der Waals surface area contributed by atoms with Gasteiger partial charge in [0, 0.05) is 11.8 Å². The third-order valence-electron chi connectivity index (χ3n) is 3.84. The van der Waals surface area contributed by atoms with Gasteiger partial charge in [0.15, 0.2) is 5.82 Å². The predicted molar refractivity (Wildman–Crippen MR) is 95.1 cm³/mol. The molecule has 0 aliphatic rings. The molecule has 0 spiro atoms. The summed E-state index contributed by atoms with van der Waals surface area (Å²) in [4.78, 5) is 0. The molecule has 0 amide bonds. The summed E-state index contributed by atoms with van der Waals surface area (Å²) in [7, 11) is 0.377. The van der Waals surface area contributed by atoms with Gasteiger partial charge in [-0.1, -0.05) is 31.2 Å². The minimum Gasteiger partial charge on any atom is -0.497 e. The smallest absolute Gasteiger partial charge is 0.226 e. The predicted octanol–water partition coefficient (Wildman–Crippen LogP) is 3.24. The summed E-state index contributed by atoms with van der Waals surface area (Å²) in [5.74, 6) is 1.44. The number of aryl methyl sites for hydroxylation is 1. The maximum atomic E-state index is 12.1. The molecule has 0 saturated heterocycles. The summed E-state index contributed by atoms with van der Waals surface area (Å²) in [5, 5.41) is 8.83. The Labute approximate surface area is 143 Å². The van der Waals surface area contributed by atoms with Crippen molar-refractivity contribution in [3.05, 3.63) is 54.1 Å². The van der Waals surface area contributed by atoms with Crippen molar-refractivity contribution in [2.45, 2.75) is 18.5 Å². The van der Waals surface area contributed by atoms with Gasteiger partial charge >= 0.3 is 0 Å². The van der Waals surface area contributed by atoms with Crippen LogP contribution in [-0.2, 0) is 17.2 Å². The molecule has 0 fully saturated rings. The van der Waals surface area contributed by atoms with Gasteiger partial charge in [-0.25, -0.2) is 0 Å². The molecule has 0 bridgehead atoms. The number of nitrogens with zero attached hydrogens (tertiary/aromatic N) is 3. The summed E-state index contributed by atoms with van der Waals surface area (Å²) in [6.07, 6.45) is 2.59. The Bertz CT molecular complexity index is 855. The fourth-order valence-corrected chi connectivity index (χ4v) is 3.10. The molecule has 1 aromatic heterocycles. The van der Waals surface area contributed by atoms with Gasteiger partial charge in [0.2, 0.25) is 5.16 Å². The molecule has 1 heterocycles. The van der Waals surface area contributed by atoms with Crippen LogP contribution in [0.5, 0.6) is 5.75 Å². The highest BCUT2D eigenvalue weighted by Crippen LogP contribution is 2.25. The number of methoxy groups -OCH3 is 1. The van der Waals surface area contributed by atoms with E-state index in [0.717, 1.165) is 23.4 Å². The Morgan fingerprint density at radius 2 is 1.71 bits per heavy atom. The lowest BCUT2D eigenvalue weighted by atomic mass is 10.1. The zero-order valence-corrected chi connectivity index (χ0v) is 14.7. The van der Waals surface area contributed by atoms with Gasteiger partial charge in [0.05, 0.1) is 23.6 Å². The Morgan fingerprint density at radius 1 is 1.04 bits per heavy atom. The van der Waals surface area contributed by atoms with E-state index < -0.39 is 10.8 Å². The normalized spacial score (nSPS) is 12.1. The molecule has 1 atom stereocenters. The topological polar surface area (TPSA) is 57.0 Å². The average molecular weight is 341 g/mol. The Morgan fingerprint density at radius 3 is 2.25 bits per heavy atom. The van der Waals surface area contributed by atoms with Crippen LogP contribution in [0.3, 0.4) is 0 Å². The van der Waals surface area contributed by atoms with Gasteiger partial charge in [-0.15, -0.1) is 10.2 Å². The standard InChI is InChI=1S/C18H19N3O2S/c1-4-13-5-7-14(8-6-13)17-19-20-18(24(3)22)21(17)15-9-11-16(23-2)12-10-15/h5-12H,4H2,1-3H3. The van der Waals surface area contributed by atoms with Crippen molar-refractivity contribution in [3.63, 3.8) is 0 Å². The monoisotopic (exact) mass is 341 g/mol. The zero-order valence-electron chi connectivity index (χ0n) is 13.9. The molecule has 0 saturated carbocycles. The van der Waals surface area contributed by atoms with Crippen molar-refractivity contribution in [2.75, 3.05) is 13.4 Å². The molecule has 24 heavy (non-hydrogen) atoms. The first-order chi connectivity index (χ1) is 11.6. The first kappa shape index (κ1) is 16.4. The van der Waals surface area contributed by atoms with Gasteiger partial charge < -0.3 is 4.74 Å². The lowest BCUT2D eigenvalue weighted by Gasteiger charge is -2.10. The minimum atomic E-state index is -1.25. The van der Waals surface area contributed by atoms with E-state index in [2.05, 4.69) is 29.3 Å². The largest absolute Gasteiger partial charge is 0.497 e. The molecule has 0 aliphatic heterocycles. The maximum Gasteiger partial charge on any atom is 0.226 e. The fraction of sp³-hybridized carbons (Fsp3) is 0.222. The van der Waals surface area contributed by atoms with E-state index in [0.29, 0.717) is 11.0 Å². The Hall–Kier alpha value is -2.47. The minimum absolute atomic E-state index is 0.426. The van der Waals surface area contributed by atoms with Crippen molar-refractivity contribution < 1.29 is 8.95 Å². The fourth-order valence-electron chi connectivity index (χ4n) is 2.50. The second-order valence-corrected chi connectivity index (χ2v) is 6.62. The van der Waals surface area contributed by atoms with Gasteiger partial charge in [-0.05, 0) is 36.2 Å². The molecule has 3 rings (SSSR count). The molecule has 0 radical (unpaired) electrons.